The number of nitrogens with one attached hydrogen (secondary N) is 3. The number of piperidine rings is 1. The molecule has 0 saturated carbocycles. The van der Waals surface area contributed by atoms with E-state index in [1.807, 2.05) is 7.05 Å². The molecule has 0 aromatic heterocycles. The highest BCUT2D eigenvalue weighted by atomic mass is 15.2. The summed E-state index contributed by atoms with van der Waals surface area (Å²) in [5.74, 6) is 0.909. The number of nitrogens with zero attached hydrogens (tertiary/aromatic N) is 2. The highest BCUT2D eigenvalue weighted by Crippen LogP contribution is 2.16. The van der Waals surface area contributed by atoms with Gasteiger partial charge in [0.15, 0.2) is 5.96 Å². The van der Waals surface area contributed by atoms with Gasteiger partial charge in [-0.1, -0.05) is 37.3 Å². The lowest BCUT2D eigenvalue weighted by molar-refractivity contribution is 0.206. The molecule has 27 heavy (non-hydrogen) atoms. The molecule has 1 aromatic rings. The van der Waals surface area contributed by atoms with Gasteiger partial charge >= 0.3 is 0 Å². The zero-order valence-corrected chi connectivity index (χ0v) is 17.9. The van der Waals surface area contributed by atoms with Crippen LogP contribution in [0.5, 0.6) is 0 Å². The molecular weight excluding hydrogens is 334 g/mol. The van der Waals surface area contributed by atoms with Gasteiger partial charge in [-0.3, -0.25) is 4.99 Å². The molecule has 1 aliphatic rings. The number of rotatable bonds is 8. The van der Waals surface area contributed by atoms with Crippen LogP contribution in [0.15, 0.2) is 35.3 Å². The van der Waals surface area contributed by atoms with Crippen molar-refractivity contribution < 1.29 is 0 Å². The smallest absolute Gasteiger partial charge is 0.191 e. The van der Waals surface area contributed by atoms with Crippen LogP contribution in [0.2, 0.25) is 0 Å². The van der Waals surface area contributed by atoms with Crippen LogP contribution >= 0.6 is 0 Å². The third-order valence-corrected chi connectivity index (χ3v) is 5.30. The molecule has 5 heteroatoms. The Hall–Kier alpha value is -1.59. The number of benzene rings is 1. The SMILES string of the molecule is CCCN1CCC(NC(=NC)NCC(C)(C)NC(C)c2ccccc2)CC1. The van der Waals surface area contributed by atoms with Crippen molar-refractivity contribution in [2.45, 2.75) is 64.6 Å². The number of guanidine groups is 1. The number of likely N-dealkylation sites (tertiary alicyclic amines) is 1. The maximum atomic E-state index is 4.43. The molecule has 0 amide bonds. The van der Waals surface area contributed by atoms with Gasteiger partial charge in [-0.2, -0.15) is 0 Å². The summed E-state index contributed by atoms with van der Waals surface area (Å²) in [6.45, 7) is 13.3. The van der Waals surface area contributed by atoms with Gasteiger partial charge in [0.2, 0.25) is 0 Å². The summed E-state index contributed by atoms with van der Waals surface area (Å²) < 4.78 is 0. The van der Waals surface area contributed by atoms with Gasteiger partial charge in [-0.05, 0) is 52.1 Å². The van der Waals surface area contributed by atoms with Crippen molar-refractivity contribution in [3.05, 3.63) is 35.9 Å². The fraction of sp³-hybridized carbons (Fsp3) is 0.682. The maximum absolute atomic E-state index is 4.43. The molecule has 0 bridgehead atoms. The van der Waals surface area contributed by atoms with Crippen LogP contribution in [-0.2, 0) is 0 Å². The molecule has 1 heterocycles. The van der Waals surface area contributed by atoms with Crippen LogP contribution < -0.4 is 16.0 Å². The summed E-state index contributed by atoms with van der Waals surface area (Å²) >= 11 is 0. The zero-order chi connectivity index (χ0) is 19.7. The number of hydrogen-bond acceptors (Lipinski definition) is 3. The molecule has 1 saturated heterocycles. The Balaban J connectivity index is 1.77. The molecule has 1 fully saturated rings. The fourth-order valence-electron chi connectivity index (χ4n) is 3.77. The minimum absolute atomic E-state index is 0.0443. The van der Waals surface area contributed by atoms with Crippen molar-refractivity contribution in [1.82, 2.24) is 20.9 Å². The van der Waals surface area contributed by atoms with E-state index in [0.29, 0.717) is 12.1 Å². The second-order valence-corrected chi connectivity index (χ2v) is 8.35. The van der Waals surface area contributed by atoms with Gasteiger partial charge in [0.25, 0.3) is 0 Å². The van der Waals surface area contributed by atoms with Gasteiger partial charge in [0.05, 0.1) is 0 Å². The lowest BCUT2D eigenvalue weighted by Gasteiger charge is -2.34. The first-order valence-electron chi connectivity index (χ1n) is 10.5. The van der Waals surface area contributed by atoms with Gasteiger partial charge in [-0.25, -0.2) is 0 Å². The van der Waals surface area contributed by atoms with Crippen LogP contribution in [0.3, 0.4) is 0 Å². The Bertz CT molecular complexity index is 561. The third kappa shape index (κ3) is 7.51. The van der Waals surface area contributed by atoms with Crippen LogP contribution in [0.1, 0.15) is 58.6 Å². The standard InChI is InChI=1S/C22H39N5/c1-6-14-27-15-12-20(13-16-27)25-21(23-5)24-17-22(3,4)26-18(2)19-10-8-7-9-11-19/h7-11,18,20,26H,6,12-17H2,1-5H3,(H2,23,24,25). The second-order valence-electron chi connectivity index (χ2n) is 8.35. The molecule has 2 rings (SSSR count). The van der Waals surface area contributed by atoms with E-state index in [0.717, 1.165) is 12.5 Å². The Labute approximate surface area is 166 Å². The Morgan fingerprint density at radius 2 is 1.89 bits per heavy atom. The molecule has 152 valence electrons. The lowest BCUT2D eigenvalue weighted by atomic mass is 10.0. The molecule has 1 aliphatic heterocycles. The summed E-state index contributed by atoms with van der Waals surface area (Å²) in [6, 6.07) is 11.4. The Kier molecular flexibility index (Phi) is 8.58. The molecule has 0 spiro atoms. The highest BCUT2D eigenvalue weighted by Gasteiger charge is 2.23. The quantitative estimate of drug-likeness (QED) is 0.484. The topological polar surface area (TPSA) is 51.7 Å². The van der Waals surface area contributed by atoms with Crippen molar-refractivity contribution in [3.8, 4) is 0 Å². The Morgan fingerprint density at radius 1 is 1.22 bits per heavy atom. The first kappa shape index (κ1) is 21.7. The first-order valence-corrected chi connectivity index (χ1v) is 10.5. The maximum Gasteiger partial charge on any atom is 0.191 e. The molecule has 1 aromatic carbocycles. The van der Waals surface area contributed by atoms with E-state index >= 15 is 0 Å². The van der Waals surface area contributed by atoms with Crippen molar-refractivity contribution in [2.75, 3.05) is 33.2 Å². The van der Waals surface area contributed by atoms with Crippen molar-refractivity contribution >= 4 is 5.96 Å². The fourth-order valence-corrected chi connectivity index (χ4v) is 3.77. The zero-order valence-electron chi connectivity index (χ0n) is 17.9. The van der Waals surface area contributed by atoms with Crippen molar-refractivity contribution in [2.24, 2.45) is 4.99 Å². The van der Waals surface area contributed by atoms with Crippen LogP contribution in [0.4, 0.5) is 0 Å². The summed E-state index contributed by atoms with van der Waals surface area (Å²) in [6.07, 6.45) is 3.62. The molecule has 0 radical (unpaired) electrons. The lowest BCUT2D eigenvalue weighted by Crippen LogP contribution is -2.54. The number of aliphatic imine (C=N–C) groups is 1. The van der Waals surface area contributed by atoms with E-state index in [2.05, 4.69) is 83.9 Å². The summed E-state index contributed by atoms with van der Waals surface area (Å²) in [4.78, 5) is 6.99. The predicted molar refractivity (Wildman–Crippen MR) is 116 cm³/mol. The molecule has 1 atom stereocenters. The normalized spacial score (nSPS) is 18.3. The van der Waals surface area contributed by atoms with Gasteiger partial charge in [0.1, 0.15) is 0 Å². The van der Waals surface area contributed by atoms with Crippen LogP contribution in [0, 0.1) is 0 Å². The number of hydrogen-bond donors (Lipinski definition) is 3. The van der Waals surface area contributed by atoms with Gasteiger partial charge < -0.3 is 20.9 Å². The minimum Gasteiger partial charge on any atom is -0.355 e. The third-order valence-electron chi connectivity index (χ3n) is 5.30. The molecule has 0 aliphatic carbocycles. The summed E-state index contributed by atoms with van der Waals surface area (Å²) in [5, 5.41) is 10.8. The van der Waals surface area contributed by atoms with E-state index in [1.165, 1.54) is 44.5 Å². The summed E-state index contributed by atoms with van der Waals surface area (Å²) in [5.41, 5.74) is 1.27. The highest BCUT2D eigenvalue weighted by molar-refractivity contribution is 5.80. The van der Waals surface area contributed by atoms with Crippen molar-refractivity contribution in [1.29, 1.82) is 0 Å². The monoisotopic (exact) mass is 373 g/mol. The van der Waals surface area contributed by atoms with Crippen LogP contribution in [0.25, 0.3) is 0 Å². The first-order chi connectivity index (χ1) is 12.9. The molecule has 3 N–H and O–H groups in total. The van der Waals surface area contributed by atoms with Gasteiger partial charge in [-0.15, -0.1) is 0 Å². The van der Waals surface area contributed by atoms with Crippen molar-refractivity contribution in [3.63, 3.8) is 0 Å². The van der Waals surface area contributed by atoms with E-state index in [1.54, 1.807) is 0 Å². The Morgan fingerprint density at radius 3 is 2.48 bits per heavy atom. The van der Waals surface area contributed by atoms with Gasteiger partial charge in [0, 0.05) is 44.3 Å². The average Bonchev–Trinajstić information content (AvgIpc) is 2.67. The predicted octanol–water partition coefficient (Wildman–Crippen LogP) is 3.16. The minimum atomic E-state index is -0.0443. The molecule has 5 nitrogen and oxygen atoms in total. The molecular formula is C22H39N5. The van der Waals surface area contributed by atoms with Crippen LogP contribution in [-0.4, -0.2) is 55.7 Å². The summed E-state index contributed by atoms with van der Waals surface area (Å²) in [7, 11) is 1.86. The average molecular weight is 374 g/mol. The van der Waals surface area contributed by atoms with E-state index in [-0.39, 0.29) is 5.54 Å². The second kappa shape index (κ2) is 10.7. The molecule has 1 unspecified atom stereocenters. The van der Waals surface area contributed by atoms with E-state index in [9.17, 15) is 0 Å². The van der Waals surface area contributed by atoms with E-state index in [4.69, 9.17) is 0 Å². The largest absolute Gasteiger partial charge is 0.355 e. The van der Waals surface area contributed by atoms with E-state index < -0.39 is 0 Å².